The first kappa shape index (κ1) is 14.6. The molecular formula is C17H28N2. The van der Waals surface area contributed by atoms with E-state index in [1.807, 2.05) is 0 Å². The Morgan fingerprint density at radius 1 is 1.37 bits per heavy atom. The summed E-state index contributed by atoms with van der Waals surface area (Å²) >= 11 is 0. The third kappa shape index (κ3) is 3.03. The minimum Gasteiger partial charge on any atom is -0.282 e. The molecule has 106 valence electrons. The maximum atomic E-state index is 9.77. The number of fused-ring (bicyclic) bond motifs is 1. The van der Waals surface area contributed by atoms with Gasteiger partial charge in [-0.1, -0.05) is 26.0 Å². The molecule has 0 aromatic carbocycles. The average Bonchev–Trinajstić information content (AvgIpc) is 2.92. The van der Waals surface area contributed by atoms with Crippen LogP contribution < -0.4 is 0 Å². The molecule has 2 aliphatic rings. The summed E-state index contributed by atoms with van der Waals surface area (Å²) in [5, 5.41) is 9.77. The van der Waals surface area contributed by atoms with Crippen molar-refractivity contribution in [2.45, 2.75) is 76.8 Å². The molecule has 2 saturated heterocycles. The second-order valence-electron chi connectivity index (χ2n) is 6.33. The van der Waals surface area contributed by atoms with E-state index in [1.165, 1.54) is 19.3 Å². The molecule has 0 aromatic rings. The summed E-state index contributed by atoms with van der Waals surface area (Å²) < 4.78 is 0. The van der Waals surface area contributed by atoms with Crippen molar-refractivity contribution in [3.63, 3.8) is 0 Å². The Bertz CT molecular complexity index is 355. The standard InChI is InChI=1S/C17H28N2/c1-3-4-5-6-7-11-17(14-18)12-10-15(2)16-9-8-13-19(16)17/h4-5,15-16H,3,6-13H2,1-2H3/b5-4-/t15-,16+,17-/m1/s1. The molecule has 0 amide bonds. The highest BCUT2D eigenvalue weighted by Gasteiger charge is 2.47. The number of hydrogen-bond donors (Lipinski definition) is 0. The van der Waals surface area contributed by atoms with Crippen molar-refractivity contribution >= 4 is 0 Å². The maximum absolute atomic E-state index is 9.77. The Balaban J connectivity index is 1.97. The lowest BCUT2D eigenvalue weighted by Crippen LogP contribution is -2.55. The van der Waals surface area contributed by atoms with Gasteiger partial charge in [0.25, 0.3) is 0 Å². The Labute approximate surface area is 118 Å². The van der Waals surface area contributed by atoms with Crippen molar-refractivity contribution < 1.29 is 0 Å². The minimum atomic E-state index is -0.145. The molecule has 2 fully saturated rings. The van der Waals surface area contributed by atoms with Crippen LogP contribution in [0.1, 0.15) is 65.2 Å². The molecule has 3 atom stereocenters. The lowest BCUT2D eigenvalue weighted by atomic mass is 9.77. The number of hydrogen-bond acceptors (Lipinski definition) is 2. The molecule has 0 aliphatic carbocycles. The van der Waals surface area contributed by atoms with E-state index in [9.17, 15) is 5.26 Å². The van der Waals surface area contributed by atoms with Gasteiger partial charge >= 0.3 is 0 Å². The fourth-order valence-electron chi connectivity index (χ4n) is 3.96. The van der Waals surface area contributed by atoms with Crippen LogP contribution in [0.15, 0.2) is 12.2 Å². The first-order valence-electron chi connectivity index (χ1n) is 8.06. The van der Waals surface area contributed by atoms with Gasteiger partial charge in [0.05, 0.1) is 6.07 Å². The topological polar surface area (TPSA) is 27.0 Å². The van der Waals surface area contributed by atoms with E-state index in [0.29, 0.717) is 6.04 Å². The van der Waals surface area contributed by atoms with Gasteiger partial charge in [-0.3, -0.25) is 4.90 Å². The molecule has 2 heterocycles. The summed E-state index contributed by atoms with van der Waals surface area (Å²) in [6.07, 6.45) is 13.9. The molecule has 0 saturated carbocycles. The van der Waals surface area contributed by atoms with E-state index >= 15 is 0 Å². The number of unbranched alkanes of at least 4 members (excludes halogenated alkanes) is 1. The molecule has 0 aromatic heterocycles. The molecular weight excluding hydrogens is 232 g/mol. The van der Waals surface area contributed by atoms with Gasteiger partial charge in [0.1, 0.15) is 5.54 Å². The van der Waals surface area contributed by atoms with Gasteiger partial charge in [0.2, 0.25) is 0 Å². The van der Waals surface area contributed by atoms with Gasteiger partial charge in [-0.05, 0) is 57.3 Å². The van der Waals surface area contributed by atoms with Crippen LogP contribution >= 0.6 is 0 Å². The first-order chi connectivity index (χ1) is 9.23. The quantitative estimate of drug-likeness (QED) is 0.545. The molecule has 0 bridgehead atoms. The number of piperidine rings is 1. The fraction of sp³-hybridized carbons (Fsp3) is 0.824. The van der Waals surface area contributed by atoms with E-state index in [0.717, 1.165) is 44.6 Å². The Morgan fingerprint density at radius 3 is 2.95 bits per heavy atom. The lowest BCUT2D eigenvalue weighted by molar-refractivity contribution is 0.0300. The van der Waals surface area contributed by atoms with Gasteiger partial charge in [-0.25, -0.2) is 0 Å². The Hall–Kier alpha value is -0.810. The SMILES string of the molecule is CC/C=C\CCC[C@]1(C#N)CC[C@@H](C)[C@@H]2CCCN21. The summed E-state index contributed by atoms with van der Waals surface area (Å²) in [5.41, 5.74) is -0.145. The van der Waals surface area contributed by atoms with E-state index in [4.69, 9.17) is 0 Å². The van der Waals surface area contributed by atoms with Crippen LogP contribution in [0.2, 0.25) is 0 Å². The van der Waals surface area contributed by atoms with E-state index < -0.39 is 0 Å². The van der Waals surface area contributed by atoms with Crippen molar-refractivity contribution in [3.05, 3.63) is 12.2 Å². The van der Waals surface area contributed by atoms with Crippen molar-refractivity contribution in [3.8, 4) is 6.07 Å². The predicted octanol–water partition coefficient (Wildman–Crippen LogP) is 4.28. The smallest absolute Gasteiger partial charge is 0.109 e. The lowest BCUT2D eigenvalue weighted by Gasteiger charge is -2.47. The van der Waals surface area contributed by atoms with Gasteiger partial charge in [0.15, 0.2) is 0 Å². The van der Waals surface area contributed by atoms with Crippen LogP contribution in [0.4, 0.5) is 0 Å². The van der Waals surface area contributed by atoms with Crippen LogP contribution in [-0.4, -0.2) is 23.0 Å². The van der Waals surface area contributed by atoms with Gasteiger partial charge in [-0.15, -0.1) is 0 Å². The fourth-order valence-corrected chi connectivity index (χ4v) is 3.96. The third-order valence-electron chi connectivity index (χ3n) is 5.09. The molecule has 2 rings (SSSR count). The second-order valence-corrected chi connectivity index (χ2v) is 6.33. The normalized spacial score (nSPS) is 35.4. The number of nitriles is 1. The Morgan fingerprint density at radius 2 is 2.21 bits per heavy atom. The molecule has 2 nitrogen and oxygen atoms in total. The third-order valence-corrected chi connectivity index (χ3v) is 5.09. The van der Waals surface area contributed by atoms with Crippen LogP contribution in [-0.2, 0) is 0 Å². The molecule has 0 radical (unpaired) electrons. The summed E-state index contributed by atoms with van der Waals surface area (Å²) in [4.78, 5) is 2.56. The zero-order valence-corrected chi connectivity index (χ0v) is 12.6. The number of rotatable bonds is 5. The first-order valence-corrected chi connectivity index (χ1v) is 8.06. The van der Waals surface area contributed by atoms with Crippen molar-refractivity contribution in [1.82, 2.24) is 4.90 Å². The Kier molecular flexibility index (Phi) is 5.05. The monoisotopic (exact) mass is 260 g/mol. The molecule has 0 unspecified atom stereocenters. The zero-order valence-electron chi connectivity index (χ0n) is 12.6. The van der Waals surface area contributed by atoms with Gasteiger partial charge < -0.3 is 0 Å². The highest BCUT2D eigenvalue weighted by molar-refractivity contribution is 5.14. The number of allylic oxidation sites excluding steroid dienone is 2. The van der Waals surface area contributed by atoms with Crippen LogP contribution in [0.25, 0.3) is 0 Å². The van der Waals surface area contributed by atoms with E-state index in [2.05, 4.69) is 37.0 Å². The summed E-state index contributed by atoms with van der Waals surface area (Å²) in [6, 6.07) is 3.38. The maximum Gasteiger partial charge on any atom is 0.109 e. The van der Waals surface area contributed by atoms with Crippen LogP contribution in [0, 0.1) is 17.2 Å². The van der Waals surface area contributed by atoms with Crippen molar-refractivity contribution in [2.24, 2.45) is 5.92 Å². The molecule has 0 N–H and O–H groups in total. The molecule has 0 spiro atoms. The highest BCUT2D eigenvalue weighted by atomic mass is 15.3. The summed E-state index contributed by atoms with van der Waals surface area (Å²) in [7, 11) is 0. The predicted molar refractivity (Wildman–Crippen MR) is 79.8 cm³/mol. The molecule has 19 heavy (non-hydrogen) atoms. The van der Waals surface area contributed by atoms with Crippen molar-refractivity contribution in [2.75, 3.05) is 6.54 Å². The van der Waals surface area contributed by atoms with Crippen molar-refractivity contribution in [1.29, 1.82) is 5.26 Å². The highest BCUT2D eigenvalue weighted by Crippen LogP contribution is 2.42. The molecule has 2 aliphatic heterocycles. The molecule has 2 heteroatoms. The second kappa shape index (κ2) is 6.57. The average molecular weight is 260 g/mol. The zero-order chi connectivity index (χ0) is 13.7. The van der Waals surface area contributed by atoms with Crippen LogP contribution in [0.5, 0.6) is 0 Å². The van der Waals surface area contributed by atoms with E-state index in [1.54, 1.807) is 0 Å². The minimum absolute atomic E-state index is 0.145. The summed E-state index contributed by atoms with van der Waals surface area (Å²) in [6.45, 7) is 5.69. The van der Waals surface area contributed by atoms with Crippen LogP contribution in [0.3, 0.4) is 0 Å². The number of nitrogens with zero attached hydrogens (tertiary/aromatic N) is 2. The van der Waals surface area contributed by atoms with E-state index in [-0.39, 0.29) is 5.54 Å². The van der Waals surface area contributed by atoms with Gasteiger partial charge in [-0.2, -0.15) is 5.26 Å². The largest absolute Gasteiger partial charge is 0.282 e. The van der Waals surface area contributed by atoms with Gasteiger partial charge in [0, 0.05) is 12.6 Å². The summed E-state index contributed by atoms with van der Waals surface area (Å²) in [5.74, 6) is 0.781.